The number of amides is 1. The molecule has 0 bridgehead atoms. The highest BCUT2D eigenvalue weighted by Crippen LogP contribution is 2.21. The Morgan fingerprint density at radius 2 is 2.24 bits per heavy atom. The van der Waals surface area contributed by atoms with E-state index >= 15 is 0 Å². The van der Waals surface area contributed by atoms with Crippen LogP contribution in [0.3, 0.4) is 0 Å². The summed E-state index contributed by atoms with van der Waals surface area (Å²) in [5.74, 6) is 0.654. The van der Waals surface area contributed by atoms with Gasteiger partial charge in [0.1, 0.15) is 5.69 Å². The smallest absolute Gasteiger partial charge is 0.219 e. The Bertz CT molecular complexity index is 634. The lowest BCUT2D eigenvalue weighted by Crippen LogP contribution is -2.26. The third kappa shape index (κ3) is 2.94. The van der Waals surface area contributed by atoms with Crippen LogP contribution in [0.1, 0.15) is 19.0 Å². The molecule has 1 atom stereocenters. The lowest BCUT2D eigenvalue weighted by Gasteiger charge is -2.13. The minimum absolute atomic E-state index is 0.162. The molecule has 1 aliphatic rings. The number of hydrogen-bond acceptors (Lipinski definition) is 4. The van der Waals surface area contributed by atoms with Gasteiger partial charge in [0.15, 0.2) is 0 Å². The number of aryl methyl sites for hydroxylation is 1. The first-order chi connectivity index (χ1) is 10.1. The number of likely N-dealkylation sites (tertiary alicyclic amines) is 1. The normalized spacial score (nSPS) is 18.2. The Morgan fingerprint density at radius 1 is 1.38 bits per heavy atom. The van der Waals surface area contributed by atoms with Gasteiger partial charge < -0.3 is 4.90 Å². The van der Waals surface area contributed by atoms with Gasteiger partial charge in [-0.3, -0.25) is 19.4 Å². The molecule has 0 aromatic carbocycles. The van der Waals surface area contributed by atoms with Crippen LogP contribution in [0.4, 0.5) is 0 Å². The van der Waals surface area contributed by atoms with Gasteiger partial charge >= 0.3 is 0 Å². The summed E-state index contributed by atoms with van der Waals surface area (Å²) >= 11 is 0. The first-order valence-corrected chi connectivity index (χ1v) is 7.18. The summed E-state index contributed by atoms with van der Waals surface area (Å²) in [6.45, 7) is 3.33. The van der Waals surface area contributed by atoms with E-state index in [4.69, 9.17) is 0 Å². The van der Waals surface area contributed by atoms with Crippen LogP contribution in [0, 0.1) is 5.92 Å². The molecule has 1 fully saturated rings. The van der Waals surface area contributed by atoms with Crippen LogP contribution in [0.25, 0.3) is 11.4 Å². The van der Waals surface area contributed by atoms with Gasteiger partial charge in [0.25, 0.3) is 0 Å². The molecule has 1 saturated heterocycles. The van der Waals surface area contributed by atoms with E-state index in [1.165, 1.54) is 0 Å². The molecular weight excluding hydrogens is 266 g/mol. The molecule has 0 radical (unpaired) electrons. The Morgan fingerprint density at radius 3 is 2.81 bits per heavy atom. The van der Waals surface area contributed by atoms with E-state index in [9.17, 15) is 4.79 Å². The molecular formula is C15H19N5O. The molecule has 21 heavy (non-hydrogen) atoms. The van der Waals surface area contributed by atoms with Crippen molar-refractivity contribution in [1.29, 1.82) is 0 Å². The van der Waals surface area contributed by atoms with E-state index < -0.39 is 0 Å². The van der Waals surface area contributed by atoms with Crippen LogP contribution < -0.4 is 0 Å². The highest BCUT2D eigenvalue weighted by atomic mass is 16.2. The standard InChI is InChI=1S/C15H19N5O/c1-11(21)20-6-4-12(10-20)7-13-8-17-14(9-16-13)15-3-5-18-19(15)2/h3,5,8-9,12H,4,6-7,10H2,1-2H3/t12-/m1/s1. The van der Waals surface area contributed by atoms with Gasteiger partial charge in [0.05, 0.1) is 17.6 Å². The van der Waals surface area contributed by atoms with Crippen molar-refractivity contribution in [3.63, 3.8) is 0 Å². The van der Waals surface area contributed by atoms with E-state index in [1.807, 2.05) is 24.2 Å². The van der Waals surface area contributed by atoms with Crippen molar-refractivity contribution in [2.45, 2.75) is 19.8 Å². The monoisotopic (exact) mass is 285 g/mol. The summed E-state index contributed by atoms with van der Waals surface area (Å²) in [4.78, 5) is 22.2. The molecule has 0 saturated carbocycles. The van der Waals surface area contributed by atoms with Crippen molar-refractivity contribution in [3.05, 3.63) is 30.4 Å². The lowest BCUT2D eigenvalue weighted by atomic mass is 10.0. The topological polar surface area (TPSA) is 63.9 Å². The summed E-state index contributed by atoms with van der Waals surface area (Å²) in [6, 6.07) is 1.92. The average Bonchev–Trinajstić information content (AvgIpc) is 3.09. The van der Waals surface area contributed by atoms with E-state index in [1.54, 1.807) is 24.0 Å². The molecule has 1 amide bonds. The van der Waals surface area contributed by atoms with Crippen LogP contribution in [0.15, 0.2) is 24.7 Å². The van der Waals surface area contributed by atoms with E-state index in [-0.39, 0.29) is 5.91 Å². The largest absolute Gasteiger partial charge is 0.343 e. The molecule has 3 rings (SSSR count). The molecule has 6 heteroatoms. The van der Waals surface area contributed by atoms with Crippen LogP contribution in [-0.2, 0) is 18.3 Å². The summed E-state index contributed by atoms with van der Waals surface area (Å²) in [6.07, 6.45) is 7.30. The third-order valence-electron chi connectivity index (χ3n) is 4.02. The molecule has 2 aromatic rings. The predicted molar refractivity (Wildman–Crippen MR) is 78.3 cm³/mol. The Kier molecular flexibility index (Phi) is 3.68. The number of rotatable bonds is 3. The van der Waals surface area contributed by atoms with E-state index in [0.717, 1.165) is 43.0 Å². The zero-order valence-corrected chi connectivity index (χ0v) is 12.4. The minimum Gasteiger partial charge on any atom is -0.343 e. The molecule has 110 valence electrons. The van der Waals surface area contributed by atoms with Gasteiger partial charge in [-0.05, 0) is 24.8 Å². The SMILES string of the molecule is CC(=O)N1CC[C@H](Cc2cnc(-c3ccnn3C)cn2)C1. The minimum atomic E-state index is 0.162. The molecule has 0 N–H and O–H groups in total. The maximum atomic E-state index is 11.3. The molecule has 2 aromatic heterocycles. The van der Waals surface area contributed by atoms with Gasteiger partial charge in [-0.1, -0.05) is 0 Å². The highest BCUT2D eigenvalue weighted by Gasteiger charge is 2.24. The molecule has 6 nitrogen and oxygen atoms in total. The Balaban J connectivity index is 1.66. The van der Waals surface area contributed by atoms with Gasteiger partial charge in [-0.15, -0.1) is 0 Å². The van der Waals surface area contributed by atoms with Gasteiger partial charge in [-0.2, -0.15) is 5.10 Å². The zero-order valence-electron chi connectivity index (χ0n) is 12.4. The number of hydrogen-bond donors (Lipinski definition) is 0. The van der Waals surface area contributed by atoms with Gasteiger partial charge in [0.2, 0.25) is 5.91 Å². The van der Waals surface area contributed by atoms with E-state index in [0.29, 0.717) is 5.92 Å². The van der Waals surface area contributed by atoms with Crippen LogP contribution in [0.2, 0.25) is 0 Å². The van der Waals surface area contributed by atoms with Crippen molar-refractivity contribution < 1.29 is 4.79 Å². The highest BCUT2D eigenvalue weighted by molar-refractivity contribution is 5.73. The van der Waals surface area contributed by atoms with Crippen molar-refractivity contribution in [1.82, 2.24) is 24.6 Å². The van der Waals surface area contributed by atoms with Gasteiger partial charge in [0, 0.05) is 39.5 Å². The first-order valence-electron chi connectivity index (χ1n) is 7.18. The maximum Gasteiger partial charge on any atom is 0.219 e. The fraction of sp³-hybridized carbons (Fsp3) is 0.467. The number of carbonyl (C=O) groups excluding carboxylic acids is 1. The summed E-state index contributed by atoms with van der Waals surface area (Å²) in [7, 11) is 1.89. The second-order valence-electron chi connectivity index (χ2n) is 5.56. The number of nitrogens with zero attached hydrogens (tertiary/aromatic N) is 5. The fourth-order valence-corrected chi connectivity index (χ4v) is 2.80. The fourth-order valence-electron chi connectivity index (χ4n) is 2.80. The lowest BCUT2D eigenvalue weighted by molar-refractivity contribution is -0.127. The zero-order chi connectivity index (χ0) is 14.8. The Labute approximate surface area is 123 Å². The van der Waals surface area contributed by atoms with Crippen molar-refractivity contribution in [2.75, 3.05) is 13.1 Å². The van der Waals surface area contributed by atoms with Crippen molar-refractivity contribution in [2.24, 2.45) is 13.0 Å². The predicted octanol–water partition coefficient (Wildman–Crippen LogP) is 1.29. The maximum absolute atomic E-state index is 11.3. The second-order valence-corrected chi connectivity index (χ2v) is 5.56. The number of aromatic nitrogens is 4. The summed E-state index contributed by atoms with van der Waals surface area (Å²) in [5, 5.41) is 4.13. The molecule has 3 heterocycles. The molecule has 0 unspecified atom stereocenters. The molecule has 1 aliphatic heterocycles. The average molecular weight is 285 g/mol. The third-order valence-corrected chi connectivity index (χ3v) is 4.02. The van der Waals surface area contributed by atoms with E-state index in [2.05, 4.69) is 15.1 Å². The first kappa shape index (κ1) is 13.7. The second kappa shape index (κ2) is 5.63. The quantitative estimate of drug-likeness (QED) is 0.852. The molecule has 0 spiro atoms. The van der Waals surface area contributed by atoms with Crippen molar-refractivity contribution in [3.8, 4) is 11.4 Å². The van der Waals surface area contributed by atoms with Gasteiger partial charge in [-0.25, -0.2) is 0 Å². The van der Waals surface area contributed by atoms with Crippen molar-refractivity contribution >= 4 is 5.91 Å². The molecule has 0 aliphatic carbocycles. The Hall–Kier alpha value is -2.24. The summed E-state index contributed by atoms with van der Waals surface area (Å²) < 4.78 is 1.78. The van der Waals surface area contributed by atoms with Crippen LogP contribution in [-0.4, -0.2) is 43.6 Å². The van der Waals surface area contributed by atoms with Crippen LogP contribution >= 0.6 is 0 Å². The summed E-state index contributed by atoms with van der Waals surface area (Å²) in [5.41, 5.74) is 2.77. The number of carbonyl (C=O) groups is 1. The van der Waals surface area contributed by atoms with Crippen LogP contribution in [0.5, 0.6) is 0 Å².